The van der Waals surface area contributed by atoms with Crippen LogP contribution in [0.2, 0.25) is 5.28 Å². The predicted molar refractivity (Wildman–Crippen MR) is 224 cm³/mol. The molecule has 0 saturated carbocycles. The number of aliphatic imine (C=N–C) groups is 1. The predicted octanol–water partition coefficient (Wildman–Crippen LogP) is 4.72. The number of ether oxygens (including phenoxy) is 6. The van der Waals surface area contributed by atoms with Crippen LogP contribution in [0.1, 0.15) is 31.2 Å². The van der Waals surface area contributed by atoms with Crippen molar-refractivity contribution in [3.63, 3.8) is 0 Å². The van der Waals surface area contributed by atoms with Crippen molar-refractivity contribution in [1.82, 2.24) is 20.6 Å². The van der Waals surface area contributed by atoms with Crippen LogP contribution in [0, 0.1) is 23.2 Å². The van der Waals surface area contributed by atoms with Crippen LogP contribution in [0.3, 0.4) is 0 Å². The van der Waals surface area contributed by atoms with Gasteiger partial charge in [-0.05, 0) is 88.8 Å². The highest BCUT2D eigenvalue weighted by Crippen LogP contribution is 2.41. The Kier molecular flexibility index (Phi) is 22.7. The number of nitrogens with one attached hydrogen (secondary N) is 3. The van der Waals surface area contributed by atoms with E-state index in [9.17, 15) is 4.79 Å². The molecule has 1 saturated heterocycles. The minimum atomic E-state index is -0.384. The second kappa shape index (κ2) is 26.9. The van der Waals surface area contributed by atoms with Crippen LogP contribution in [-0.2, 0) is 23.7 Å². The molecule has 2 unspecified atom stereocenters. The number of carbonyl (C=O) groups is 1. The molecule has 0 spiro atoms. The monoisotopic (exact) mass is 821 g/mol. The average Bonchev–Trinajstić information content (AvgIpc) is 3.17. The molecule has 2 aromatic rings. The summed E-state index contributed by atoms with van der Waals surface area (Å²) >= 11 is 8.13. The molecule has 3 rings (SSSR count). The zero-order valence-corrected chi connectivity index (χ0v) is 34.9. The van der Waals surface area contributed by atoms with Crippen molar-refractivity contribution in [2.75, 3.05) is 117 Å². The van der Waals surface area contributed by atoms with Gasteiger partial charge in [0, 0.05) is 42.6 Å². The molecule has 304 valence electrons. The van der Waals surface area contributed by atoms with Gasteiger partial charge in [-0.15, -0.1) is 18.2 Å². The van der Waals surface area contributed by atoms with Gasteiger partial charge < -0.3 is 49.4 Å². The number of rotatable bonds is 32. The van der Waals surface area contributed by atoms with Crippen molar-refractivity contribution >= 4 is 61.9 Å². The average molecular weight is 822 g/mol. The van der Waals surface area contributed by atoms with Crippen molar-refractivity contribution in [2.24, 2.45) is 10.4 Å². The fourth-order valence-electron chi connectivity index (χ4n) is 5.96. The van der Waals surface area contributed by atoms with E-state index in [0.717, 1.165) is 54.6 Å². The van der Waals surface area contributed by atoms with Crippen LogP contribution in [-0.4, -0.2) is 147 Å². The third-order valence-corrected chi connectivity index (χ3v) is 10.7. The van der Waals surface area contributed by atoms with E-state index in [0.29, 0.717) is 83.8 Å². The Labute approximate surface area is 337 Å². The lowest BCUT2D eigenvalue weighted by molar-refractivity contribution is -0.112. The number of thioether (sulfide) groups is 1. The number of aromatic nitrogens is 2. The standard InChI is InChI=1S/C38H57ClN7O7PS/c1-6-13-48-14-15-49-16-17-50-18-19-51-20-21-52-29-8-9-32(43-4)33(23-29)55-22-7-11-38(26-42-3)27-46(28-38)35-31(25-40)36(45-37(39)44-35)53-30(10-12-41-2)24-34(47)54-5/h1,8-9,23,25,30,40-42,54H,4,7,10-22,24,26-28H2,2-3,5H3. The molecule has 2 heterocycles. The quantitative estimate of drug-likeness (QED) is 0.0233. The lowest BCUT2D eigenvalue weighted by atomic mass is 9.75. The smallest absolute Gasteiger partial charge is 0.229 e. The van der Waals surface area contributed by atoms with E-state index in [1.54, 1.807) is 11.8 Å². The second-order valence-electron chi connectivity index (χ2n) is 12.8. The third kappa shape index (κ3) is 16.6. The van der Waals surface area contributed by atoms with Gasteiger partial charge in [-0.3, -0.25) is 9.79 Å². The van der Waals surface area contributed by atoms with Crippen LogP contribution in [0.25, 0.3) is 0 Å². The topological polar surface area (TPSA) is 162 Å². The van der Waals surface area contributed by atoms with Crippen LogP contribution in [0.5, 0.6) is 11.6 Å². The normalized spacial score (nSPS) is 14.1. The van der Waals surface area contributed by atoms with Gasteiger partial charge in [0.2, 0.25) is 11.2 Å². The highest BCUT2D eigenvalue weighted by Gasteiger charge is 2.43. The number of hydrogen-bond acceptors (Lipinski definition) is 15. The summed E-state index contributed by atoms with van der Waals surface area (Å²) in [5, 5.41) is 14.7. The van der Waals surface area contributed by atoms with Crippen LogP contribution in [0.15, 0.2) is 28.1 Å². The molecule has 2 atom stereocenters. The minimum Gasteiger partial charge on any atom is -0.491 e. The summed E-state index contributed by atoms with van der Waals surface area (Å²) in [6.07, 6.45) is 8.80. The minimum absolute atomic E-state index is 0.0120. The lowest BCUT2D eigenvalue weighted by Crippen LogP contribution is -2.61. The molecule has 1 aromatic carbocycles. The van der Waals surface area contributed by atoms with E-state index >= 15 is 0 Å². The third-order valence-electron chi connectivity index (χ3n) is 8.61. The Bertz CT molecular complexity index is 1520. The first-order valence-corrected chi connectivity index (χ1v) is 21.3. The molecule has 1 aliphatic rings. The van der Waals surface area contributed by atoms with E-state index in [2.05, 4.69) is 43.1 Å². The van der Waals surface area contributed by atoms with Crippen molar-refractivity contribution in [3.8, 4) is 24.0 Å². The molecule has 1 aliphatic heterocycles. The largest absolute Gasteiger partial charge is 0.491 e. The number of benzene rings is 1. The van der Waals surface area contributed by atoms with Crippen molar-refractivity contribution in [3.05, 3.63) is 29.0 Å². The Hall–Kier alpha value is -2.90. The van der Waals surface area contributed by atoms with Gasteiger partial charge in [-0.2, -0.15) is 9.97 Å². The van der Waals surface area contributed by atoms with E-state index in [-0.39, 0.29) is 43.2 Å². The SMILES string of the molecule is C#CCOCCOCCOCCOCCOc1ccc(N=C)c(SCCCC2(CNC)CN(c3nc(Cl)nc(OC(CCNC)CC(=O)PC)c3C=N)C2)c1. The Morgan fingerprint density at radius 3 is 2.44 bits per heavy atom. The molecule has 55 heavy (non-hydrogen) atoms. The van der Waals surface area contributed by atoms with E-state index < -0.39 is 0 Å². The second-order valence-corrected chi connectivity index (χ2v) is 15.3. The zero-order valence-electron chi connectivity index (χ0n) is 32.3. The Morgan fingerprint density at radius 2 is 1.82 bits per heavy atom. The van der Waals surface area contributed by atoms with Crippen LogP contribution in [0.4, 0.5) is 11.5 Å². The zero-order chi connectivity index (χ0) is 39.7. The maximum absolute atomic E-state index is 12.3. The first kappa shape index (κ1) is 46.5. The maximum Gasteiger partial charge on any atom is 0.229 e. The maximum atomic E-state index is 12.3. The van der Waals surface area contributed by atoms with E-state index in [1.165, 1.54) is 6.21 Å². The first-order chi connectivity index (χ1) is 26.8. The molecule has 1 fully saturated rings. The Balaban J connectivity index is 1.46. The molecular weight excluding hydrogens is 765 g/mol. The van der Waals surface area contributed by atoms with Crippen molar-refractivity contribution < 1.29 is 33.2 Å². The number of anilines is 1. The Morgan fingerprint density at radius 1 is 1.13 bits per heavy atom. The van der Waals surface area contributed by atoms with Crippen molar-refractivity contribution in [2.45, 2.75) is 36.7 Å². The number of terminal acetylenes is 1. The van der Waals surface area contributed by atoms with Gasteiger partial charge in [-0.1, -0.05) is 14.5 Å². The number of halogens is 1. The fourth-order valence-corrected chi connectivity index (χ4v) is 7.54. The number of carbonyl (C=O) groups excluding carboxylic acids is 1. The van der Waals surface area contributed by atoms with Gasteiger partial charge in [0.05, 0.1) is 57.5 Å². The first-order valence-electron chi connectivity index (χ1n) is 18.4. The molecule has 3 N–H and O–H groups in total. The van der Waals surface area contributed by atoms with E-state index in [1.807, 2.05) is 39.0 Å². The highest BCUT2D eigenvalue weighted by molar-refractivity contribution is 7.99. The number of hydrogen-bond donors (Lipinski definition) is 3. The summed E-state index contributed by atoms with van der Waals surface area (Å²) in [5.74, 6) is 4.85. The van der Waals surface area contributed by atoms with Gasteiger partial charge >= 0.3 is 0 Å². The highest BCUT2D eigenvalue weighted by atomic mass is 35.5. The lowest BCUT2D eigenvalue weighted by Gasteiger charge is -2.51. The molecule has 0 radical (unpaired) electrons. The van der Waals surface area contributed by atoms with Crippen LogP contribution < -0.4 is 25.0 Å². The van der Waals surface area contributed by atoms with Gasteiger partial charge in [-0.25, -0.2) is 0 Å². The summed E-state index contributed by atoms with van der Waals surface area (Å²) in [5.41, 5.74) is 1.42. The van der Waals surface area contributed by atoms with Crippen molar-refractivity contribution in [1.29, 1.82) is 5.41 Å². The van der Waals surface area contributed by atoms with Gasteiger partial charge in [0.15, 0.2) is 5.52 Å². The summed E-state index contributed by atoms with van der Waals surface area (Å²) in [4.78, 5) is 28.5. The summed E-state index contributed by atoms with van der Waals surface area (Å²) in [7, 11) is 4.00. The van der Waals surface area contributed by atoms with Gasteiger partial charge in [0.1, 0.15) is 30.9 Å². The molecular formula is C38H57ClN7O7PS. The number of nitrogens with zero attached hydrogens (tertiary/aromatic N) is 4. The fraction of sp³-hybridized carbons (Fsp3) is 0.605. The van der Waals surface area contributed by atoms with Crippen LogP contribution >= 0.6 is 31.9 Å². The van der Waals surface area contributed by atoms with Gasteiger partial charge in [0.25, 0.3) is 0 Å². The molecule has 14 nitrogen and oxygen atoms in total. The molecule has 17 heteroatoms. The summed E-state index contributed by atoms with van der Waals surface area (Å²) in [6.45, 7) is 12.6. The van der Waals surface area contributed by atoms with E-state index in [4.69, 9.17) is 51.9 Å². The molecule has 1 aromatic heterocycles. The summed E-state index contributed by atoms with van der Waals surface area (Å²) < 4.78 is 33.9. The molecule has 0 aliphatic carbocycles. The summed E-state index contributed by atoms with van der Waals surface area (Å²) in [6, 6.07) is 5.82. The molecule has 0 bridgehead atoms. The molecule has 0 amide bonds.